The third-order valence-corrected chi connectivity index (χ3v) is 2.56. The molecule has 1 rings (SSSR count). The van der Waals surface area contributed by atoms with Crippen LogP contribution < -0.4 is 15.9 Å². The summed E-state index contributed by atoms with van der Waals surface area (Å²) in [5, 5.41) is 13.3. The van der Waals surface area contributed by atoms with Gasteiger partial charge in [-0.1, -0.05) is 0 Å². The van der Waals surface area contributed by atoms with Crippen LogP contribution in [0.3, 0.4) is 0 Å². The van der Waals surface area contributed by atoms with Gasteiger partial charge in [0.1, 0.15) is 0 Å². The van der Waals surface area contributed by atoms with Gasteiger partial charge in [-0.15, -0.1) is 0 Å². The Morgan fingerprint density at radius 3 is 3.00 bits per heavy atom. The highest BCUT2D eigenvalue weighted by molar-refractivity contribution is 14.1. The number of urea groups is 1. The summed E-state index contributed by atoms with van der Waals surface area (Å²) in [5.74, 6) is 0.465. The molecule has 0 spiro atoms. The Kier molecular flexibility index (Phi) is 5.01. The van der Waals surface area contributed by atoms with Crippen molar-refractivity contribution in [3.8, 4) is 11.5 Å². The molecule has 4 N–H and O–H groups in total. The fourth-order valence-corrected chi connectivity index (χ4v) is 1.73. The average Bonchev–Trinajstić information content (AvgIpc) is 2.25. The number of nitrogens with one attached hydrogen (secondary N) is 1. The smallest absolute Gasteiger partial charge is 0.332 e. The number of amides is 2. The maximum atomic E-state index is 10.4. The number of halogens is 1. The summed E-state index contributed by atoms with van der Waals surface area (Å²) in [4.78, 5) is 10.4. The molecule has 0 aromatic heterocycles. The van der Waals surface area contributed by atoms with Crippen molar-refractivity contribution in [1.29, 1.82) is 0 Å². The van der Waals surface area contributed by atoms with Crippen molar-refractivity contribution < 1.29 is 14.6 Å². The lowest BCUT2D eigenvalue weighted by molar-refractivity contribution is 0.249. The topological polar surface area (TPSA) is 96.9 Å². The number of ether oxygens (including phenoxy) is 1. The minimum Gasteiger partial charge on any atom is -0.504 e. The molecule has 0 atom stereocenters. The highest BCUT2D eigenvalue weighted by atomic mass is 127. The zero-order valence-corrected chi connectivity index (χ0v) is 11.3. The Morgan fingerprint density at radius 1 is 1.71 bits per heavy atom. The zero-order chi connectivity index (χ0) is 12.8. The van der Waals surface area contributed by atoms with Gasteiger partial charge in [0.05, 0.1) is 16.4 Å². The van der Waals surface area contributed by atoms with Gasteiger partial charge in [-0.25, -0.2) is 10.2 Å². The summed E-state index contributed by atoms with van der Waals surface area (Å²) in [7, 11) is 0. The van der Waals surface area contributed by atoms with Crippen LogP contribution in [-0.2, 0) is 0 Å². The number of hydrogen-bond acceptors (Lipinski definition) is 4. The fourth-order valence-electron chi connectivity index (χ4n) is 1.10. The van der Waals surface area contributed by atoms with Crippen LogP contribution in [0.1, 0.15) is 12.5 Å². The van der Waals surface area contributed by atoms with Crippen LogP contribution in [0.4, 0.5) is 4.79 Å². The summed E-state index contributed by atoms with van der Waals surface area (Å²) in [6.07, 6.45) is 1.41. The number of phenols is 1. The number of primary amides is 1. The molecule has 7 heteroatoms. The molecule has 92 valence electrons. The van der Waals surface area contributed by atoms with E-state index in [4.69, 9.17) is 10.5 Å². The maximum absolute atomic E-state index is 10.4. The molecule has 0 saturated heterocycles. The summed E-state index contributed by atoms with van der Waals surface area (Å²) in [5.41, 5.74) is 7.62. The Balaban J connectivity index is 2.93. The van der Waals surface area contributed by atoms with Gasteiger partial charge in [-0.2, -0.15) is 5.10 Å². The first kappa shape index (κ1) is 13.6. The van der Waals surface area contributed by atoms with E-state index in [9.17, 15) is 9.90 Å². The number of hydrogen-bond donors (Lipinski definition) is 3. The summed E-state index contributed by atoms with van der Waals surface area (Å²) < 4.78 is 5.89. The molecule has 0 unspecified atom stereocenters. The largest absolute Gasteiger partial charge is 0.504 e. The summed E-state index contributed by atoms with van der Waals surface area (Å²) in [6.45, 7) is 2.27. The molecule has 0 radical (unpaired) electrons. The first-order valence-corrected chi connectivity index (χ1v) is 5.86. The van der Waals surface area contributed by atoms with Crippen molar-refractivity contribution >= 4 is 34.8 Å². The lowest BCUT2D eigenvalue weighted by Gasteiger charge is -2.08. The van der Waals surface area contributed by atoms with Crippen molar-refractivity contribution in [2.75, 3.05) is 6.61 Å². The molecule has 6 nitrogen and oxygen atoms in total. The number of nitrogens with zero attached hydrogens (tertiary/aromatic N) is 1. The van der Waals surface area contributed by atoms with E-state index in [-0.39, 0.29) is 5.75 Å². The van der Waals surface area contributed by atoms with Crippen molar-refractivity contribution in [2.45, 2.75) is 6.92 Å². The molecule has 0 heterocycles. The number of benzene rings is 1. The molecule has 1 aromatic carbocycles. The van der Waals surface area contributed by atoms with E-state index >= 15 is 0 Å². The molecular formula is C10H12IN3O3. The molecule has 0 fully saturated rings. The van der Waals surface area contributed by atoms with Crippen LogP contribution in [0.2, 0.25) is 0 Å². The molecule has 1 aromatic rings. The van der Waals surface area contributed by atoms with Crippen LogP contribution in [-0.4, -0.2) is 24.0 Å². The Labute approximate surface area is 112 Å². The number of carbonyl (C=O) groups excluding carboxylic acids is 1. The summed E-state index contributed by atoms with van der Waals surface area (Å²) in [6, 6.07) is 2.58. The van der Waals surface area contributed by atoms with Crippen molar-refractivity contribution in [1.82, 2.24) is 5.43 Å². The Morgan fingerprint density at radius 2 is 2.41 bits per heavy atom. The highest BCUT2D eigenvalue weighted by Crippen LogP contribution is 2.32. The molecule has 0 aliphatic heterocycles. The van der Waals surface area contributed by atoms with Gasteiger partial charge in [-0.05, 0) is 47.2 Å². The third kappa shape index (κ3) is 4.10. The van der Waals surface area contributed by atoms with E-state index in [0.717, 1.165) is 0 Å². The van der Waals surface area contributed by atoms with E-state index in [1.165, 1.54) is 6.21 Å². The fraction of sp³-hybridized carbons (Fsp3) is 0.200. The number of nitrogens with two attached hydrogens (primary N) is 1. The molecule has 0 aliphatic rings. The van der Waals surface area contributed by atoms with Crippen LogP contribution in [0.5, 0.6) is 11.5 Å². The van der Waals surface area contributed by atoms with Gasteiger partial charge in [0.2, 0.25) is 0 Å². The zero-order valence-electron chi connectivity index (χ0n) is 9.11. The number of rotatable bonds is 4. The third-order valence-electron chi connectivity index (χ3n) is 1.74. The van der Waals surface area contributed by atoms with Crippen molar-refractivity contribution in [3.05, 3.63) is 21.3 Å². The second kappa shape index (κ2) is 6.28. The molecule has 2 amide bonds. The lowest BCUT2D eigenvalue weighted by Crippen LogP contribution is -2.24. The van der Waals surface area contributed by atoms with E-state index < -0.39 is 6.03 Å². The molecule has 0 aliphatic carbocycles. The minimum absolute atomic E-state index is 0.0902. The number of phenolic OH excluding ortho intramolecular Hbond substituents is 1. The first-order chi connectivity index (χ1) is 8.04. The van der Waals surface area contributed by atoms with Gasteiger partial charge in [0.15, 0.2) is 11.5 Å². The monoisotopic (exact) mass is 349 g/mol. The predicted octanol–water partition coefficient (Wildman–Crippen LogP) is 1.40. The van der Waals surface area contributed by atoms with E-state index in [0.29, 0.717) is 21.5 Å². The van der Waals surface area contributed by atoms with Crippen LogP contribution >= 0.6 is 22.6 Å². The van der Waals surface area contributed by atoms with E-state index in [1.807, 2.05) is 29.5 Å². The highest BCUT2D eigenvalue weighted by Gasteiger charge is 2.08. The van der Waals surface area contributed by atoms with Crippen LogP contribution in [0.25, 0.3) is 0 Å². The van der Waals surface area contributed by atoms with E-state index in [1.54, 1.807) is 12.1 Å². The van der Waals surface area contributed by atoms with Gasteiger partial charge >= 0.3 is 6.03 Å². The second-order valence-electron chi connectivity index (χ2n) is 3.02. The number of carbonyl (C=O) groups is 1. The lowest BCUT2D eigenvalue weighted by atomic mass is 10.2. The molecular weight excluding hydrogens is 337 g/mol. The molecule has 0 saturated carbocycles. The van der Waals surface area contributed by atoms with Crippen molar-refractivity contribution in [3.63, 3.8) is 0 Å². The average molecular weight is 349 g/mol. The van der Waals surface area contributed by atoms with Crippen molar-refractivity contribution in [2.24, 2.45) is 10.8 Å². The Bertz CT molecular complexity index is 449. The van der Waals surface area contributed by atoms with Crippen LogP contribution in [0, 0.1) is 3.57 Å². The van der Waals surface area contributed by atoms with Gasteiger partial charge in [0.25, 0.3) is 0 Å². The van der Waals surface area contributed by atoms with E-state index in [2.05, 4.69) is 10.5 Å². The number of hydrazone groups is 1. The summed E-state index contributed by atoms with van der Waals surface area (Å²) >= 11 is 1.98. The second-order valence-corrected chi connectivity index (χ2v) is 4.18. The minimum atomic E-state index is -0.736. The predicted molar refractivity (Wildman–Crippen MR) is 72.3 cm³/mol. The molecule has 0 bridgehead atoms. The van der Waals surface area contributed by atoms with Gasteiger partial charge < -0.3 is 15.6 Å². The maximum Gasteiger partial charge on any atom is 0.332 e. The first-order valence-electron chi connectivity index (χ1n) is 4.78. The SMILES string of the molecule is CCOc1cc(/C=N\NC(N)=O)cc(I)c1O. The quantitative estimate of drug-likeness (QED) is 0.435. The molecule has 17 heavy (non-hydrogen) atoms. The van der Waals surface area contributed by atoms with Gasteiger partial charge in [-0.3, -0.25) is 0 Å². The Hall–Kier alpha value is -1.51. The normalized spacial score (nSPS) is 10.5. The number of aromatic hydroxyl groups is 1. The van der Waals surface area contributed by atoms with Crippen LogP contribution in [0.15, 0.2) is 17.2 Å². The van der Waals surface area contributed by atoms with Gasteiger partial charge in [0, 0.05) is 0 Å². The standard InChI is InChI=1S/C10H12IN3O3/c1-2-17-8-4-6(3-7(11)9(8)15)5-13-14-10(12)16/h3-5,15H,2H2,1H3,(H3,12,14,16)/b13-5-.